The van der Waals surface area contributed by atoms with E-state index < -0.39 is 5.25 Å². The highest BCUT2D eigenvalue weighted by atomic mass is 32.2. The Morgan fingerprint density at radius 3 is 2.60 bits per heavy atom. The fourth-order valence-corrected chi connectivity index (χ4v) is 4.23. The molecule has 0 aliphatic heterocycles. The first-order chi connectivity index (χ1) is 14.5. The normalized spacial score (nSPS) is 11.8. The van der Waals surface area contributed by atoms with E-state index in [-0.39, 0.29) is 17.9 Å². The zero-order chi connectivity index (χ0) is 21.7. The number of hydrogen-bond donors (Lipinski definition) is 0. The van der Waals surface area contributed by atoms with Crippen LogP contribution in [-0.2, 0) is 11.3 Å². The molecule has 0 radical (unpaired) electrons. The molecule has 0 fully saturated rings. The van der Waals surface area contributed by atoms with E-state index in [1.807, 2.05) is 57.2 Å². The van der Waals surface area contributed by atoms with Gasteiger partial charge in [0, 0.05) is 18.8 Å². The van der Waals surface area contributed by atoms with E-state index in [1.54, 1.807) is 21.6 Å². The Hall–Kier alpha value is -3.11. The zero-order valence-corrected chi connectivity index (χ0v) is 18.1. The topological polar surface area (TPSA) is 79.0 Å². The van der Waals surface area contributed by atoms with Crippen LogP contribution in [0.4, 0.5) is 5.69 Å². The second-order valence-corrected chi connectivity index (χ2v) is 8.26. The molecule has 1 aromatic heterocycles. The fraction of sp³-hybridized carbons (Fsp3) is 0.304. The van der Waals surface area contributed by atoms with Gasteiger partial charge in [0.2, 0.25) is 5.91 Å². The molecule has 6 nitrogen and oxygen atoms in total. The molecule has 2 aromatic carbocycles. The first-order valence-corrected chi connectivity index (χ1v) is 10.8. The van der Waals surface area contributed by atoms with Crippen molar-refractivity contribution in [1.82, 2.24) is 9.55 Å². The monoisotopic (exact) mass is 420 g/mol. The third kappa shape index (κ3) is 4.55. The molecule has 0 saturated heterocycles. The highest BCUT2D eigenvalue weighted by molar-refractivity contribution is 8.00. The summed E-state index contributed by atoms with van der Waals surface area (Å²) in [5.74, 6) is -0.121. The number of hydrogen-bond acceptors (Lipinski definition) is 5. The van der Waals surface area contributed by atoms with Gasteiger partial charge >= 0.3 is 0 Å². The maximum Gasteiger partial charge on any atom is 0.262 e. The maximum absolute atomic E-state index is 13.3. The summed E-state index contributed by atoms with van der Waals surface area (Å²) in [5.41, 5.74) is 2.37. The summed E-state index contributed by atoms with van der Waals surface area (Å²) in [5, 5.41) is 9.63. The average molecular weight is 421 g/mol. The lowest BCUT2D eigenvalue weighted by Gasteiger charge is -2.25. The van der Waals surface area contributed by atoms with Gasteiger partial charge in [-0.1, -0.05) is 41.6 Å². The number of amides is 1. The van der Waals surface area contributed by atoms with E-state index >= 15 is 0 Å². The maximum atomic E-state index is 13.3. The van der Waals surface area contributed by atoms with Crippen LogP contribution in [0.25, 0.3) is 10.9 Å². The van der Waals surface area contributed by atoms with Crippen molar-refractivity contribution in [3.05, 3.63) is 64.4 Å². The quantitative estimate of drug-likeness (QED) is 0.424. The van der Waals surface area contributed by atoms with Crippen LogP contribution < -0.4 is 10.5 Å². The molecule has 1 heterocycles. The molecule has 3 aromatic rings. The molecule has 7 heteroatoms. The summed E-state index contributed by atoms with van der Waals surface area (Å²) in [4.78, 5) is 32.4. The number of aromatic nitrogens is 2. The van der Waals surface area contributed by atoms with Gasteiger partial charge in [0.1, 0.15) is 0 Å². The number of nitriles is 1. The van der Waals surface area contributed by atoms with Gasteiger partial charge in [-0.2, -0.15) is 5.26 Å². The Morgan fingerprint density at radius 2 is 1.93 bits per heavy atom. The highest BCUT2D eigenvalue weighted by Gasteiger charge is 2.25. The van der Waals surface area contributed by atoms with Crippen LogP contribution in [0.3, 0.4) is 0 Å². The van der Waals surface area contributed by atoms with Gasteiger partial charge in [0.25, 0.3) is 5.56 Å². The number of benzene rings is 2. The lowest BCUT2D eigenvalue weighted by molar-refractivity contribution is -0.117. The molecule has 1 unspecified atom stereocenters. The summed E-state index contributed by atoms with van der Waals surface area (Å²) >= 11 is 1.27. The second-order valence-electron chi connectivity index (χ2n) is 6.95. The number of thioether (sulfide) groups is 1. The van der Waals surface area contributed by atoms with Crippen LogP contribution in [0.1, 0.15) is 25.8 Å². The third-order valence-corrected chi connectivity index (χ3v) is 5.91. The van der Waals surface area contributed by atoms with Gasteiger partial charge in [0.05, 0.1) is 28.6 Å². The Bertz CT molecular complexity index is 1150. The molecule has 0 saturated carbocycles. The summed E-state index contributed by atoms with van der Waals surface area (Å²) in [6, 6.07) is 17.0. The molecule has 154 valence electrons. The molecule has 3 rings (SSSR count). The number of rotatable bonds is 7. The van der Waals surface area contributed by atoms with Crippen LogP contribution in [0.2, 0.25) is 0 Å². The lowest BCUT2D eigenvalue weighted by Crippen LogP contribution is -2.37. The van der Waals surface area contributed by atoms with Gasteiger partial charge < -0.3 is 4.90 Å². The summed E-state index contributed by atoms with van der Waals surface area (Å²) < 4.78 is 1.60. The molecule has 0 spiro atoms. The number of para-hydroxylation sites is 1. The number of carbonyl (C=O) groups is 1. The predicted octanol–water partition coefficient (Wildman–Crippen LogP) is 4.15. The molecule has 1 atom stereocenters. The molecular weight excluding hydrogens is 396 g/mol. The summed E-state index contributed by atoms with van der Waals surface area (Å²) in [6.07, 6.45) is 0.241. The van der Waals surface area contributed by atoms with Crippen LogP contribution in [0, 0.1) is 18.3 Å². The van der Waals surface area contributed by atoms with Crippen molar-refractivity contribution < 1.29 is 4.79 Å². The zero-order valence-electron chi connectivity index (χ0n) is 17.3. The molecular formula is C23H24N4O2S. The number of aryl methyl sites for hydroxylation is 1. The smallest absolute Gasteiger partial charge is 0.262 e. The Labute approximate surface area is 180 Å². The van der Waals surface area contributed by atoms with Crippen molar-refractivity contribution in [2.75, 3.05) is 11.4 Å². The van der Waals surface area contributed by atoms with Gasteiger partial charge in [-0.3, -0.25) is 14.2 Å². The largest absolute Gasteiger partial charge is 0.310 e. The van der Waals surface area contributed by atoms with Crippen molar-refractivity contribution in [1.29, 1.82) is 5.26 Å². The lowest BCUT2D eigenvalue weighted by atomic mass is 10.2. The van der Waals surface area contributed by atoms with Crippen LogP contribution >= 0.6 is 11.8 Å². The summed E-state index contributed by atoms with van der Waals surface area (Å²) in [7, 11) is 0. The van der Waals surface area contributed by atoms with Crippen LogP contribution in [0.15, 0.2) is 58.5 Å². The number of carbonyl (C=O) groups excluding carboxylic acids is 1. The van der Waals surface area contributed by atoms with Gasteiger partial charge in [-0.25, -0.2) is 4.98 Å². The van der Waals surface area contributed by atoms with Gasteiger partial charge in [-0.15, -0.1) is 0 Å². The van der Waals surface area contributed by atoms with Crippen molar-refractivity contribution in [3.8, 4) is 6.07 Å². The second kappa shape index (κ2) is 9.59. The minimum atomic E-state index is -0.476. The van der Waals surface area contributed by atoms with Crippen molar-refractivity contribution in [3.63, 3.8) is 0 Å². The Balaban J connectivity index is 1.92. The van der Waals surface area contributed by atoms with Crippen LogP contribution in [0.5, 0.6) is 0 Å². The predicted molar refractivity (Wildman–Crippen MR) is 121 cm³/mol. The van der Waals surface area contributed by atoms with E-state index in [0.29, 0.717) is 29.1 Å². The van der Waals surface area contributed by atoms with Crippen LogP contribution in [-0.4, -0.2) is 27.3 Å². The molecule has 1 amide bonds. The minimum Gasteiger partial charge on any atom is -0.310 e. The van der Waals surface area contributed by atoms with E-state index in [9.17, 15) is 9.59 Å². The SMILES string of the molecule is CCn1c(SC(C)C(=O)N(CCC#N)c2ccc(C)cc2)nc2ccccc2c1=O. The number of fused-ring (bicyclic) bond motifs is 1. The van der Waals surface area contributed by atoms with E-state index in [0.717, 1.165) is 11.3 Å². The summed E-state index contributed by atoms with van der Waals surface area (Å²) in [6.45, 7) is 6.46. The molecule has 0 N–H and O–H groups in total. The van der Waals surface area contributed by atoms with Crippen molar-refractivity contribution in [2.45, 2.75) is 44.1 Å². The molecule has 0 aliphatic carbocycles. The first-order valence-electron chi connectivity index (χ1n) is 9.87. The van der Waals surface area contributed by atoms with Crippen molar-refractivity contribution >= 4 is 34.3 Å². The fourth-order valence-electron chi connectivity index (χ4n) is 3.20. The minimum absolute atomic E-state index is 0.106. The van der Waals surface area contributed by atoms with E-state index in [2.05, 4.69) is 11.1 Å². The molecule has 30 heavy (non-hydrogen) atoms. The Morgan fingerprint density at radius 1 is 1.23 bits per heavy atom. The highest BCUT2D eigenvalue weighted by Crippen LogP contribution is 2.26. The van der Waals surface area contributed by atoms with E-state index in [4.69, 9.17) is 5.26 Å². The van der Waals surface area contributed by atoms with Gasteiger partial charge in [-0.05, 0) is 45.0 Å². The number of anilines is 1. The van der Waals surface area contributed by atoms with Gasteiger partial charge in [0.15, 0.2) is 5.16 Å². The molecule has 0 bridgehead atoms. The number of nitrogens with zero attached hydrogens (tertiary/aromatic N) is 4. The third-order valence-electron chi connectivity index (χ3n) is 4.83. The van der Waals surface area contributed by atoms with E-state index in [1.165, 1.54) is 11.8 Å². The van der Waals surface area contributed by atoms with Crippen molar-refractivity contribution in [2.24, 2.45) is 0 Å². The first kappa shape index (κ1) is 21.6. The Kier molecular flexibility index (Phi) is 6.91. The average Bonchev–Trinajstić information content (AvgIpc) is 2.75. The standard InChI is InChI=1S/C23H24N4O2S/c1-4-26-22(29)19-8-5-6-9-20(19)25-23(26)30-17(3)21(28)27(15-7-14-24)18-12-10-16(2)11-13-18/h5-6,8-13,17H,4,7,15H2,1-3H3. The molecule has 0 aliphatic rings.